The van der Waals surface area contributed by atoms with Crippen LogP contribution in [0.5, 0.6) is 17.6 Å². The average Bonchev–Trinajstić information content (AvgIpc) is 3.12. The molecule has 0 saturated heterocycles. The second-order valence-corrected chi connectivity index (χ2v) is 19.5. The number of benzene rings is 3. The number of alkyl halides is 3. The molecule has 0 aliphatic carbocycles. The summed E-state index contributed by atoms with van der Waals surface area (Å²) in [5.74, 6) is -1.41. The quantitative estimate of drug-likeness (QED) is 0.0400. The monoisotopic (exact) mass is 771 g/mol. The molecule has 2 aromatic heterocycles. The first-order chi connectivity index (χ1) is 25.7. The van der Waals surface area contributed by atoms with Crippen LogP contribution in [-0.2, 0) is 22.2 Å². The fourth-order valence-electron chi connectivity index (χ4n) is 7.37. The Balaban J connectivity index is 1.62. The molecule has 0 radical (unpaired) electrons. The summed E-state index contributed by atoms with van der Waals surface area (Å²) in [6, 6.07) is 14.4. The summed E-state index contributed by atoms with van der Waals surface area (Å²) in [6.45, 7) is 11.8. The van der Waals surface area contributed by atoms with E-state index in [1.165, 1.54) is 25.4 Å². The molecular weight excluding hydrogens is 726 g/mol. The smallest absolute Gasteiger partial charge is 0.422 e. The number of rotatable bonds is 17. The third kappa shape index (κ3) is 9.10. The van der Waals surface area contributed by atoms with Crippen molar-refractivity contribution < 1.29 is 45.3 Å². The highest BCUT2D eigenvalue weighted by Crippen LogP contribution is 2.43. The van der Waals surface area contributed by atoms with Crippen LogP contribution in [-0.4, -0.2) is 56.6 Å². The number of halogens is 5. The third-order valence-corrected chi connectivity index (χ3v) is 15.7. The van der Waals surface area contributed by atoms with E-state index in [2.05, 4.69) is 56.5 Å². The number of aryl methyl sites for hydroxylation is 1. The van der Waals surface area contributed by atoms with Gasteiger partial charge in [0.15, 0.2) is 27.5 Å². The second-order valence-electron chi connectivity index (χ2n) is 14.1. The maximum atomic E-state index is 16.9. The number of methoxy groups -OCH3 is 1. The van der Waals surface area contributed by atoms with Gasteiger partial charge in [0.1, 0.15) is 29.4 Å². The highest BCUT2D eigenvalue weighted by molar-refractivity contribution is 6.77. The van der Waals surface area contributed by atoms with E-state index in [-0.39, 0.29) is 42.3 Å². The van der Waals surface area contributed by atoms with Crippen molar-refractivity contribution in [2.75, 3.05) is 27.1 Å². The molecule has 0 amide bonds. The summed E-state index contributed by atoms with van der Waals surface area (Å²) >= 11 is 0. The largest absolute Gasteiger partial charge is 0.472 e. The van der Waals surface area contributed by atoms with Crippen LogP contribution >= 0.6 is 0 Å². The van der Waals surface area contributed by atoms with Crippen LogP contribution < -0.4 is 14.2 Å². The summed E-state index contributed by atoms with van der Waals surface area (Å²) in [4.78, 5) is 12.5. The van der Waals surface area contributed by atoms with Gasteiger partial charge in [-0.3, -0.25) is 4.98 Å². The van der Waals surface area contributed by atoms with Crippen molar-refractivity contribution in [1.29, 1.82) is 0 Å². The van der Waals surface area contributed by atoms with Gasteiger partial charge in [-0.15, -0.1) is 0 Å². The number of nitrogens with zero attached hydrogens (tertiary/aromatic N) is 3. The SMILES string of the molecule is COCOc1cc(-c2ncc3c(OCc4ccccc4)nc(OCC(F)(F)F)nc3c2F)c2c(CCCO[Si](C(C)C)(C(C)C)C(C)C)c(F)ccc2c1. The molecule has 290 valence electrons. The van der Waals surface area contributed by atoms with E-state index in [9.17, 15) is 13.2 Å². The predicted molar refractivity (Wildman–Crippen MR) is 200 cm³/mol. The molecule has 8 nitrogen and oxygen atoms in total. The third-order valence-electron chi connectivity index (χ3n) is 9.58. The maximum Gasteiger partial charge on any atom is 0.422 e. The minimum absolute atomic E-state index is 0.000654. The van der Waals surface area contributed by atoms with Crippen molar-refractivity contribution in [2.24, 2.45) is 0 Å². The van der Waals surface area contributed by atoms with Gasteiger partial charge in [0.2, 0.25) is 5.88 Å². The summed E-state index contributed by atoms with van der Waals surface area (Å²) < 4.78 is 101. The van der Waals surface area contributed by atoms with E-state index >= 15 is 8.78 Å². The Kier molecular flexibility index (Phi) is 13.1. The van der Waals surface area contributed by atoms with Crippen LogP contribution in [0.25, 0.3) is 32.9 Å². The lowest BCUT2D eigenvalue weighted by molar-refractivity contribution is -0.154. The van der Waals surface area contributed by atoms with Crippen LogP contribution in [0, 0.1) is 11.6 Å². The number of hydrogen-bond acceptors (Lipinski definition) is 8. The van der Waals surface area contributed by atoms with Gasteiger partial charge in [-0.1, -0.05) is 77.9 Å². The average molecular weight is 772 g/mol. The number of fused-ring (bicyclic) bond motifs is 2. The van der Waals surface area contributed by atoms with E-state index in [1.54, 1.807) is 36.4 Å². The van der Waals surface area contributed by atoms with E-state index < -0.39 is 44.3 Å². The molecule has 14 heteroatoms. The Bertz CT molecular complexity index is 2030. The minimum Gasteiger partial charge on any atom is -0.472 e. The molecule has 0 fully saturated rings. The summed E-state index contributed by atoms with van der Waals surface area (Å²) in [7, 11) is -0.727. The second kappa shape index (κ2) is 17.4. The fraction of sp³-hybridized carbons (Fsp3) is 0.425. The molecule has 0 aliphatic rings. The van der Waals surface area contributed by atoms with Gasteiger partial charge in [0.25, 0.3) is 0 Å². The molecule has 2 heterocycles. The summed E-state index contributed by atoms with van der Waals surface area (Å²) in [5, 5.41) is 0.948. The van der Waals surface area contributed by atoms with Crippen molar-refractivity contribution in [3.05, 3.63) is 83.6 Å². The Morgan fingerprint density at radius 3 is 2.19 bits per heavy atom. The minimum atomic E-state index is -4.71. The first-order valence-electron chi connectivity index (χ1n) is 17.9. The molecule has 3 aromatic carbocycles. The number of hydrogen-bond donors (Lipinski definition) is 0. The molecule has 0 aliphatic heterocycles. The van der Waals surface area contributed by atoms with Crippen molar-refractivity contribution in [1.82, 2.24) is 15.0 Å². The molecule has 5 aromatic rings. The summed E-state index contributed by atoms with van der Waals surface area (Å²) in [5.41, 5.74) is 1.74. The van der Waals surface area contributed by atoms with E-state index in [4.69, 9.17) is 23.4 Å². The van der Waals surface area contributed by atoms with Crippen molar-refractivity contribution in [3.8, 4) is 28.9 Å². The molecular formula is C40H46F5N3O5Si. The maximum absolute atomic E-state index is 16.9. The van der Waals surface area contributed by atoms with Gasteiger partial charge in [-0.05, 0) is 69.6 Å². The molecule has 0 saturated carbocycles. The van der Waals surface area contributed by atoms with Gasteiger partial charge < -0.3 is 23.4 Å². The first-order valence-corrected chi connectivity index (χ1v) is 20.0. The lowest BCUT2D eigenvalue weighted by Gasteiger charge is -2.42. The van der Waals surface area contributed by atoms with E-state index in [1.807, 2.05) is 6.07 Å². The molecule has 0 spiro atoms. The van der Waals surface area contributed by atoms with Crippen LogP contribution in [0.2, 0.25) is 16.6 Å². The van der Waals surface area contributed by atoms with Gasteiger partial charge in [-0.25, -0.2) is 8.78 Å². The Morgan fingerprint density at radius 2 is 1.54 bits per heavy atom. The number of ether oxygens (including phenoxy) is 4. The molecule has 54 heavy (non-hydrogen) atoms. The lowest BCUT2D eigenvalue weighted by Crippen LogP contribution is -2.48. The van der Waals surface area contributed by atoms with Crippen molar-refractivity contribution in [3.63, 3.8) is 0 Å². The van der Waals surface area contributed by atoms with Crippen LogP contribution in [0.15, 0.2) is 60.8 Å². The summed E-state index contributed by atoms with van der Waals surface area (Å²) in [6.07, 6.45) is -2.66. The zero-order valence-electron chi connectivity index (χ0n) is 31.5. The fourth-order valence-corrected chi connectivity index (χ4v) is 12.9. The number of pyridine rings is 1. The van der Waals surface area contributed by atoms with Crippen LogP contribution in [0.3, 0.4) is 0 Å². The van der Waals surface area contributed by atoms with E-state index in [0.29, 0.717) is 51.7 Å². The van der Waals surface area contributed by atoms with Crippen molar-refractivity contribution in [2.45, 2.75) is 83.8 Å². The topological polar surface area (TPSA) is 84.8 Å². The molecule has 0 atom stereocenters. The van der Waals surface area contributed by atoms with Gasteiger partial charge >= 0.3 is 12.2 Å². The van der Waals surface area contributed by atoms with Crippen LogP contribution in [0.4, 0.5) is 22.0 Å². The standard InChI is InChI=1S/C40H46F5N3O5Si/c1-24(2)54(25(3)4,26(5)6)53-17-11-14-30-33(41)16-15-28-18-29(52-23-49-7)19-31(34(28)30)36-35(42)37-32(20-46-36)38(50-21-27-12-9-8-10-13-27)48-39(47-37)51-22-40(43,44)45/h8-10,12-13,15-16,18-20,24-26H,11,14,17,21-23H2,1-7H3. The highest BCUT2D eigenvalue weighted by Gasteiger charge is 2.44. The lowest BCUT2D eigenvalue weighted by atomic mass is 9.93. The normalized spacial score (nSPS) is 12.4. The molecule has 0 N–H and O–H groups in total. The number of aromatic nitrogens is 3. The first kappa shape index (κ1) is 40.8. The van der Waals surface area contributed by atoms with Crippen LogP contribution in [0.1, 0.15) is 59.1 Å². The zero-order chi connectivity index (χ0) is 39.2. The van der Waals surface area contributed by atoms with Gasteiger partial charge in [0, 0.05) is 25.5 Å². The van der Waals surface area contributed by atoms with Crippen molar-refractivity contribution >= 4 is 30.0 Å². The Morgan fingerprint density at radius 1 is 0.833 bits per heavy atom. The molecule has 0 bridgehead atoms. The van der Waals surface area contributed by atoms with E-state index in [0.717, 1.165) is 5.56 Å². The van der Waals surface area contributed by atoms with Gasteiger partial charge in [0.05, 0.1) is 5.39 Å². The Hall–Kier alpha value is -4.40. The Labute approximate surface area is 313 Å². The zero-order valence-corrected chi connectivity index (χ0v) is 32.5. The predicted octanol–water partition coefficient (Wildman–Crippen LogP) is 10.8. The highest BCUT2D eigenvalue weighted by atomic mass is 28.4. The molecule has 5 rings (SSSR count). The molecule has 0 unspecified atom stereocenters. The van der Waals surface area contributed by atoms with Gasteiger partial charge in [-0.2, -0.15) is 23.1 Å².